The third-order valence-corrected chi connectivity index (χ3v) is 8.36. The zero-order chi connectivity index (χ0) is 25.8. The van der Waals surface area contributed by atoms with Crippen molar-refractivity contribution in [1.29, 1.82) is 0 Å². The highest BCUT2D eigenvalue weighted by atomic mass is 16.5. The van der Waals surface area contributed by atoms with E-state index >= 15 is 0 Å². The number of unbranched alkanes of at least 4 members (excludes halogenated alkanes) is 4. The minimum absolute atomic E-state index is 0.216. The molecule has 0 aromatic heterocycles. The first-order valence-electron chi connectivity index (χ1n) is 13.8. The summed E-state index contributed by atoms with van der Waals surface area (Å²) in [6.07, 6.45) is 12.9. The zero-order valence-corrected chi connectivity index (χ0v) is 22.4. The molecule has 0 saturated heterocycles. The molecule has 0 spiro atoms. The van der Waals surface area contributed by atoms with E-state index in [2.05, 4.69) is 45.1 Å². The van der Waals surface area contributed by atoms with Crippen molar-refractivity contribution in [1.82, 2.24) is 0 Å². The quantitative estimate of drug-likeness (QED) is 0.202. The van der Waals surface area contributed by atoms with Crippen LogP contribution in [0.2, 0.25) is 0 Å². The van der Waals surface area contributed by atoms with Crippen LogP contribution in [-0.2, 0) is 15.6 Å². The number of hydrogen-bond donors (Lipinski definition) is 1. The summed E-state index contributed by atoms with van der Waals surface area (Å²) in [5, 5.41) is 11.3. The van der Waals surface area contributed by atoms with Crippen molar-refractivity contribution in [2.75, 3.05) is 13.2 Å². The van der Waals surface area contributed by atoms with E-state index in [-0.39, 0.29) is 22.9 Å². The van der Waals surface area contributed by atoms with Gasteiger partial charge in [-0.1, -0.05) is 77.2 Å². The van der Waals surface area contributed by atoms with E-state index in [1.54, 1.807) is 12.1 Å². The van der Waals surface area contributed by atoms with E-state index < -0.39 is 0 Å². The van der Waals surface area contributed by atoms with Gasteiger partial charge in [0.2, 0.25) is 0 Å². The van der Waals surface area contributed by atoms with E-state index in [1.165, 1.54) is 36.8 Å². The van der Waals surface area contributed by atoms with Crippen molar-refractivity contribution in [2.45, 2.75) is 96.0 Å². The molecule has 4 rings (SSSR count). The molecule has 194 valence electrons. The number of hydrogen-bond acceptors (Lipinski definition) is 4. The largest absolute Gasteiger partial charge is 0.493 e. The van der Waals surface area contributed by atoms with Gasteiger partial charge in [0.25, 0.3) is 0 Å². The molecule has 4 nitrogen and oxygen atoms in total. The summed E-state index contributed by atoms with van der Waals surface area (Å²) in [7, 11) is 0. The lowest BCUT2D eigenvalue weighted by Gasteiger charge is -2.41. The monoisotopic (exact) mass is 490 g/mol. The Kier molecular flexibility index (Phi) is 8.24. The Balaban J connectivity index is 1.61. The van der Waals surface area contributed by atoms with Gasteiger partial charge >= 0.3 is 5.97 Å². The van der Waals surface area contributed by atoms with Crippen molar-refractivity contribution in [3.05, 3.63) is 64.2 Å². The van der Waals surface area contributed by atoms with Crippen LogP contribution in [0, 0.1) is 0 Å². The van der Waals surface area contributed by atoms with Crippen LogP contribution in [0.15, 0.2) is 36.4 Å². The van der Waals surface area contributed by atoms with E-state index in [0.717, 1.165) is 42.6 Å². The summed E-state index contributed by atoms with van der Waals surface area (Å²) in [6.45, 7) is 9.55. The highest BCUT2D eigenvalue weighted by Gasteiger charge is 2.57. The minimum atomic E-state index is -0.370. The van der Waals surface area contributed by atoms with Crippen molar-refractivity contribution >= 4 is 18.1 Å². The molecule has 1 fully saturated rings. The zero-order valence-electron chi connectivity index (χ0n) is 22.4. The first kappa shape index (κ1) is 26.5. The Morgan fingerprint density at radius 3 is 2.31 bits per heavy atom. The number of fused-ring (bicyclic) bond motifs is 5. The van der Waals surface area contributed by atoms with Crippen LogP contribution in [-0.4, -0.2) is 30.4 Å². The van der Waals surface area contributed by atoms with E-state index in [0.29, 0.717) is 18.8 Å². The van der Waals surface area contributed by atoms with Crippen molar-refractivity contribution in [3.63, 3.8) is 0 Å². The van der Waals surface area contributed by atoms with Crippen LogP contribution in [0.25, 0.3) is 12.2 Å². The van der Waals surface area contributed by atoms with Crippen LogP contribution >= 0.6 is 0 Å². The summed E-state index contributed by atoms with van der Waals surface area (Å²) in [4.78, 5) is 12.0. The number of ether oxygens (including phenoxy) is 2. The van der Waals surface area contributed by atoms with Crippen LogP contribution in [0.5, 0.6) is 5.75 Å². The lowest BCUT2D eigenvalue weighted by molar-refractivity contribution is 0.00835. The molecule has 3 unspecified atom stereocenters. The molecule has 0 amide bonds. The van der Waals surface area contributed by atoms with Crippen LogP contribution < -0.4 is 4.74 Å². The smallest absolute Gasteiger partial charge is 0.338 e. The third-order valence-electron chi connectivity index (χ3n) is 8.36. The van der Waals surface area contributed by atoms with Crippen molar-refractivity contribution in [3.8, 4) is 5.75 Å². The van der Waals surface area contributed by atoms with Gasteiger partial charge in [-0.3, -0.25) is 0 Å². The fourth-order valence-corrected chi connectivity index (χ4v) is 6.18. The van der Waals surface area contributed by atoms with Crippen LogP contribution in [0.3, 0.4) is 0 Å². The van der Waals surface area contributed by atoms with Gasteiger partial charge in [0.1, 0.15) is 5.75 Å². The lowest BCUT2D eigenvalue weighted by Crippen LogP contribution is -2.46. The summed E-state index contributed by atoms with van der Waals surface area (Å²) >= 11 is 0. The van der Waals surface area contributed by atoms with Gasteiger partial charge < -0.3 is 14.6 Å². The Labute approximate surface area is 216 Å². The fraction of sp³-hybridized carbons (Fsp3) is 0.531. The number of rotatable bonds is 11. The number of carbonyl (C=O) groups excluding carboxylic acids is 1. The molecule has 3 atom stereocenters. The number of benzene rings is 2. The first-order valence-corrected chi connectivity index (χ1v) is 13.8. The minimum Gasteiger partial charge on any atom is -0.493 e. The summed E-state index contributed by atoms with van der Waals surface area (Å²) in [6, 6.07) is 11.9. The topological polar surface area (TPSA) is 55.8 Å². The maximum atomic E-state index is 12.0. The summed E-state index contributed by atoms with van der Waals surface area (Å²) < 4.78 is 11.5. The van der Waals surface area contributed by atoms with E-state index in [4.69, 9.17) is 9.47 Å². The molecular weight excluding hydrogens is 448 g/mol. The van der Waals surface area contributed by atoms with Gasteiger partial charge in [-0.05, 0) is 67.1 Å². The molecular formula is C32H42O4. The maximum Gasteiger partial charge on any atom is 0.338 e. The first-order chi connectivity index (χ1) is 17.3. The Morgan fingerprint density at radius 2 is 1.64 bits per heavy atom. The van der Waals surface area contributed by atoms with E-state index in [9.17, 15) is 9.90 Å². The molecule has 2 aromatic rings. The highest BCUT2D eigenvalue weighted by molar-refractivity contribution is 5.89. The molecule has 36 heavy (non-hydrogen) atoms. The van der Waals surface area contributed by atoms with Crippen molar-refractivity contribution < 1.29 is 19.4 Å². The third kappa shape index (κ3) is 5.11. The van der Waals surface area contributed by atoms with Crippen molar-refractivity contribution in [2.24, 2.45) is 0 Å². The van der Waals surface area contributed by atoms with Gasteiger partial charge in [0.15, 0.2) is 0 Å². The van der Waals surface area contributed by atoms with Gasteiger partial charge in [-0.15, -0.1) is 0 Å². The number of aliphatic hydroxyl groups excluding tert-OH is 1. The number of aliphatic hydroxyl groups is 1. The average Bonchev–Trinajstić information content (AvgIpc) is 2.95. The molecule has 0 aliphatic heterocycles. The Hall–Kier alpha value is -2.59. The maximum absolute atomic E-state index is 12.0. The number of carbonyl (C=O) groups is 1. The molecule has 1 saturated carbocycles. The normalized spacial score (nSPS) is 24.6. The SMILES string of the molecule is CCCCCCCOc1cc2c(cc1/C=C/c1ccc(C(=O)OCC)cc1)C1(C)CCCC2(C)C1O. The second-order valence-electron chi connectivity index (χ2n) is 11.0. The second kappa shape index (κ2) is 11.2. The predicted molar refractivity (Wildman–Crippen MR) is 147 cm³/mol. The lowest BCUT2D eigenvalue weighted by atomic mass is 9.66. The number of esters is 1. The fourth-order valence-electron chi connectivity index (χ4n) is 6.18. The summed E-state index contributed by atoms with van der Waals surface area (Å²) in [5.74, 6) is 0.598. The van der Waals surface area contributed by atoms with Gasteiger partial charge in [-0.25, -0.2) is 4.79 Å². The molecule has 1 N–H and O–H groups in total. The molecule has 0 heterocycles. The standard InChI is InChI=1S/C32H42O4/c1-5-7-8-9-10-20-36-28-22-27-26(31(3)18-11-19-32(27,4)30(31)34)21-25(28)17-14-23-12-15-24(16-13-23)29(33)35-6-2/h12-17,21-22,30,34H,5-11,18-20H2,1-4H3/b17-14+. The highest BCUT2D eigenvalue weighted by Crippen LogP contribution is 2.58. The average molecular weight is 491 g/mol. The van der Waals surface area contributed by atoms with E-state index in [1.807, 2.05) is 19.1 Å². The molecule has 2 aromatic carbocycles. The molecule has 4 heteroatoms. The molecule has 0 radical (unpaired) electrons. The summed E-state index contributed by atoms with van der Waals surface area (Å²) in [5.41, 5.74) is 4.69. The van der Waals surface area contributed by atoms with Gasteiger partial charge in [-0.2, -0.15) is 0 Å². The van der Waals surface area contributed by atoms with Gasteiger partial charge in [0, 0.05) is 16.4 Å². The molecule has 2 bridgehead atoms. The Morgan fingerprint density at radius 1 is 0.972 bits per heavy atom. The predicted octanol–water partition coefficient (Wildman–Crippen LogP) is 7.46. The second-order valence-corrected chi connectivity index (χ2v) is 11.0. The molecule has 2 aliphatic carbocycles. The molecule has 2 aliphatic rings. The Bertz CT molecular complexity index is 1090. The van der Waals surface area contributed by atoms with Crippen LogP contribution in [0.1, 0.15) is 112 Å². The van der Waals surface area contributed by atoms with Gasteiger partial charge in [0.05, 0.1) is 24.9 Å². The van der Waals surface area contributed by atoms with Crippen LogP contribution in [0.4, 0.5) is 0 Å².